The normalized spacial score (nSPS) is 11.3. The zero-order chi connectivity index (χ0) is 107. The Morgan fingerprint density at radius 2 is 0.500 bits per heavy atom. The lowest BCUT2D eigenvalue weighted by Crippen LogP contribution is -2.10. The molecular weight excluding hydrogens is 2000 g/mol. The van der Waals surface area contributed by atoms with Gasteiger partial charge in [-0.05, 0) is 224 Å². The van der Waals surface area contributed by atoms with Crippen molar-refractivity contribution in [2.45, 2.75) is 20.3 Å². The van der Waals surface area contributed by atoms with Gasteiger partial charge in [0.2, 0.25) is 0 Å². The molecule has 0 aliphatic heterocycles. The highest BCUT2D eigenvalue weighted by Gasteiger charge is 2.18. The van der Waals surface area contributed by atoms with E-state index >= 15 is 0 Å². The number of hydrogen-bond acceptors (Lipinski definition) is 28. The van der Waals surface area contributed by atoms with Crippen LogP contribution in [-0.4, -0.2) is 181 Å². The van der Waals surface area contributed by atoms with Crippen LogP contribution >= 0.6 is 31.9 Å². The van der Waals surface area contributed by atoms with Crippen molar-refractivity contribution < 1.29 is 134 Å². The number of hydrogen-bond donors (Lipinski definition) is 3. The van der Waals surface area contributed by atoms with Crippen LogP contribution in [0.3, 0.4) is 0 Å². The molecule has 766 valence electrons. The van der Waals surface area contributed by atoms with Gasteiger partial charge in [0.1, 0.15) is 34.6 Å². The topological polar surface area (TPSA) is 346 Å². The van der Waals surface area contributed by atoms with Crippen molar-refractivity contribution in [2.24, 2.45) is 0 Å². The monoisotopic (exact) mass is 2120 g/mol. The van der Waals surface area contributed by atoms with Crippen LogP contribution in [-0.2, 0) is 43.0 Å². The van der Waals surface area contributed by atoms with Crippen molar-refractivity contribution in [2.75, 3.05) is 125 Å². The molecule has 0 spiro atoms. The Balaban J connectivity index is 0.000000326. The fourth-order valence-corrected chi connectivity index (χ4v) is 12.8. The van der Waals surface area contributed by atoms with E-state index < -0.39 is 17.5 Å². The summed E-state index contributed by atoms with van der Waals surface area (Å²) in [6.07, 6.45) is 35.3. The minimum absolute atomic E-state index is 0.126. The molecule has 0 bridgehead atoms. The van der Waals surface area contributed by atoms with E-state index in [-0.39, 0.29) is 58.2 Å². The summed E-state index contributed by atoms with van der Waals surface area (Å²) in [5.74, 6) is 5.43. The van der Waals surface area contributed by atoms with Gasteiger partial charge in [0.05, 0.1) is 114 Å². The van der Waals surface area contributed by atoms with Crippen molar-refractivity contribution in [1.82, 2.24) is 0 Å². The first-order valence-corrected chi connectivity index (χ1v) is 46.5. The maximum Gasteiger partial charge on any atom is 0.307 e. The summed E-state index contributed by atoms with van der Waals surface area (Å²) in [7, 11) is 24.7. The molecule has 146 heavy (non-hydrogen) atoms. The predicted molar refractivity (Wildman–Crippen MR) is 580 cm³/mol. The van der Waals surface area contributed by atoms with Crippen LogP contribution < -0.4 is 75.8 Å². The Kier molecular flexibility index (Phi) is 55.2. The number of carbonyl (C=O) groups excluding carboxylic acids is 7. The van der Waals surface area contributed by atoms with Gasteiger partial charge in [-0.25, -0.2) is 0 Å². The van der Waals surface area contributed by atoms with Gasteiger partial charge in [-0.2, -0.15) is 0 Å². The van der Waals surface area contributed by atoms with Crippen molar-refractivity contribution in [3.63, 3.8) is 0 Å². The summed E-state index contributed by atoms with van der Waals surface area (Å²) >= 11 is 6.23. The van der Waals surface area contributed by atoms with E-state index in [1.165, 1.54) is 109 Å². The van der Waals surface area contributed by atoms with Gasteiger partial charge in [-0.1, -0.05) is 198 Å². The predicted octanol–water partition coefficient (Wildman–Crippen LogP) is 23.9. The van der Waals surface area contributed by atoms with Gasteiger partial charge in [0.25, 0.3) is 0 Å². The molecule has 0 fully saturated rings. The van der Waals surface area contributed by atoms with E-state index in [0.29, 0.717) is 109 Å². The average molecular weight is 2120 g/mol. The number of benzene rings is 10. The molecule has 0 aromatic heterocycles. The van der Waals surface area contributed by atoms with E-state index in [2.05, 4.69) is 60.9 Å². The van der Waals surface area contributed by atoms with Gasteiger partial charge in [-0.15, -0.1) is 0 Å². The molecule has 10 aromatic rings. The fourth-order valence-electron chi connectivity index (χ4n) is 12.3. The SMILES string of the molecule is BrC/C=C/c1ccccc1.CC(=O)OCBr.COc1ccc(/C=C/C(=O)/C(C/C=C/c2ccccc2)=C(O)/C=C/c2ccc(OC)c(OC)c2)cc1OC.COc1ccc(/C=C/C(=O)/C=C(O)/C=C/c2ccc(OC)c(OC)c2)cc1OC.COc1ccc(/C=C/C(=O)/C=C(O)/C=C/c2ccc(OC)c(OC)c2)cc1OC.COc1ccc(/C=C/C(=O)C(=COC(C)=O)C(=O)/C=C/c2ccc(OC)c(OC)c2)cc1OC. The number of rotatable bonds is 44. The first-order valence-electron chi connectivity index (χ1n) is 44.2. The molecule has 30 heteroatoms. The molecule has 0 unspecified atom stereocenters. The minimum Gasteiger partial charge on any atom is -0.508 e. The number of ketones is 5. The number of esters is 2. The van der Waals surface area contributed by atoms with E-state index in [9.17, 15) is 48.9 Å². The zero-order valence-corrected chi connectivity index (χ0v) is 87.5. The number of alkyl halides is 2. The summed E-state index contributed by atoms with van der Waals surface area (Å²) in [5.41, 5.74) is 8.43. The van der Waals surface area contributed by atoms with Crippen molar-refractivity contribution in [3.8, 4) is 92.0 Å². The average Bonchev–Trinajstić information content (AvgIpc) is 0.955. The number of aliphatic hydroxyl groups excluding tert-OH is 3. The first-order chi connectivity index (χ1) is 70.5. The summed E-state index contributed by atoms with van der Waals surface area (Å²) in [6, 6.07) is 62.2. The van der Waals surface area contributed by atoms with Crippen LogP contribution in [0.2, 0.25) is 0 Å². The number of halogens is 2. The molecule has 0 saturated heterocycles. The molecule has 0 saturated carbocycles. The Hall–Kier alpha value is -17.0. The molecule has 0 aliphatic rings. The molecule has 0 radical (unpaired) electrons. The second-order valence-electron chi connectivity index (χ2n) is 29.4. The Morgan fingerprint density at radius 1 is 0.260 bits per heavy atom. The van der Waals surface area contributed by atoms with Crippen LogP contribution in [0.1, 0.15) is 75.9 Å². The number of carbonyl (C=O) groups is 7. The molecule has 28 nitrogen and oxygen atoms in total. The van der Waals surface area contributed by atoms with Gasteiger partial charge in [0.15, 0.2) is 121 Å². The molecule has 3 N–H and O–H groups in total. The van der Waals surface area contributed by atoms with E-state index in [4.69, 9.17) is 80.5 Å². The zero-order valence-electron chi connectivity index (χ0n) is 84.3. The van der Waals surface area contributed by atoms with Crippen LogP contribution in [0.5, 0.6) is 92.0 Å². The van der Waals surface area contributed by atoms with E-state index in [0.717, 1.165) is 62.7 Å². The molecule has 0 atom stereocenters. The first kappa shape index (κ1) is 119. The number of methoxy groups -OCH3 is 16. The second-order valence-corrected chi connectivity index (χ2v) is 30.5. The van der Waals surface area contributed by atoms with Crippen molar-refractivity contribution in [3.05, 3.63) is 369 Å². The smallest absolute Gasteiger partial charge is 0.307 e. The van der Waals surface area contributed by atoms with Gasteiger partial charge in [-0.3, -0.25) is 33.6 Å². The fraction of sp³-hybridized carbons (Fsp3) is 0.181. The third-order valence-electron chi connectivity index (χ3n) is 19.7. The molecule has 10 rings (SSSR count). The van der Waals surface area contributed by atoms with Crippen molar-refractivity contribution >= 4 is 133 Å². The summed E-state index contributed by atoms with van der Waals surface area (Å²) in [6.45, 7) is 2.53. The molecule has 0 aliphatic carbocycles. The van der Waals surface area contributed by atoms with Gasteiger partial charge >= 0.3 is 11.9 Å². The molecule has 10 aromatic carbocycles. The standard InChI is InChI=1S/C32H32O6.C26H26O8.2C23H24O6.C9H9Br.C3H5BrO2/c1-35-29-19-15-24(21-31(29)37-3)13-17-27(33)26(12-8-11-23-9-6-5-7-10-23)28(34)18-14-25-16-20-30(36-2)32(22-25)38-4;1-17(27)34-16-20(21(28)10-6-18-8-12-23(30-2)25(14-18)32-4)22(29)11-7-19-9-13-24(31-3)26(15-19)33-5;2*1-26-20-11-7-16(13-22(20)28-3)5-9-18(24)15-19(25)10-6-17-8-12-21(27-2)23(14-17)29-4;10-8-4-7-9-5-2-1-3-6-9;1-3(5)6-2-4/h5-11,13-22,33H,12H2,1-4H3;6-16H,1-5H3;2*5-15,24H,1-4H3;1-7H,8H2;2H2,1H3/b11-8+,17-13+,18-14+,27-26-;10-6+,11-7+;2*9-5+,10-6+,18-15-;7-4+;. The van der Waals surface area contributed by atoms with Crippen molar-refractivity contribution in [1.29, 1.82) is 0 Å². The highest BCUT2D eigenvalue weighted by molar-refractivity contribution is 9.09. The van der Waals surface area contributed by atoms with Gasteiger partial charge in [0, 0.05) is 36.9 Å². The number of ether oxygens (including phenoxy) is 18. The largest absolute Gasteiger partial charge is 0.508 e. The second kappa shape index (κ2) is 67.4. The maximum atomic E-state index is 13.2. The minimum atomic E-state index is -0.661. The molecule has 0 heterocycles. The highest BCUT2D eigenvalue weighted by atomic mass is 79.9. The Bertz CT molecular complexity index is 6170. The van der Waals surface area contributed by atoms with Crippen LogP contribution in [0.25, 0.3) is 60.8 Å². The maximum absolute atomic E-state index is 13.2. The number of allylic oxidation sites excluding steroid dienone is 14. The Labute approximate surface area is 868 Å². The third kappa shape index (κ3) is 42.8. The summed E-state index contributed by atoms with van der Waals surface area (Å²) in [5, 5.41) is 31.8. The van der Waals surface area contributed by atoms with Crippen LogP contribution in [0.4, 0.5) is 0 Å². The quantitative estimate of drug-likeness (QED) is 0.00607. The molecular formula is C116H120Br2O28. The molecule has 0 amide bonds. The van der Waals surface area contributed by atoms with E-state index in [1.54, 1.807) is 243 Å². The van der Waals surface area contributed by atoms with Crippen LogP contribution in [0, 0.1) is 0 Å². The Morgan fingerprint density at radius 3 is 0.733 bits per heavy atom. The van der Waals surface area contributed by atoms with E-state index in [1.807, 2.05) is 84.9 Å². The number of aliphatic hydroxyl groups is 3. The lowest BCUT2D eigenvalue weighted by atomic mass is 10.0. The van der Waals surface area contributed by atoms with Crippen LogP contribution in [0.15, 0.2) is 314 Å². The summed E-state index contributed by atoms with van der Waals surface area (Å²) < 4.78 is 92.9. The third-order valence-corrected chi connectivity index (χ3v) is 20.3. The lowest BCUT2D eigenvalue weighted by molar-refractivity contribution is -0.138. The highest BCUT2D eigenvalue weighted by Crippen LogP contribution is 2.36. The lowest BCUT2D eigenvalue weighted by Gasteiger charge is -2.08. The van der Waals surface area contributed by atoms with Gasteiger partial charge < -0.3 is 101 Å². The summed E-state index contributed by atoms with van der Waals surface area (Å²) in [4.78, 5) is 83.8.